The van der Waals surface area contributed by atoms with Crippen molar-refractivity contribution in [2.24, 2.45) is 0 Å². The van der Waals surface area contributed by atoms with Gasteiger partial charge in [-0.25, -0.2) is 0 Å². The van der Waals surface area contributed by atoms with Crippen LogP contribution < -0.4 is 4.90 Å². The Labute approximate surface area is 150 Å². The summed E-state index contributed by atoms with van der Waals surface area (Å²) in [5.74, 6) is -0.186. The van der Waals surface area contributed by atoms with Crippen molar-refractivity contribution in [3.8, 4) is 0 Å². The Morgan fingerprint density at radius 2 is 1.58 bits per heavy atom. The van der Waals surface area contributed by atoms with Crippen molar-refractivity contribution in [3.05, 3.63) is 29.8 Å². The highest BCUT2D eigenvalue weighted by molar-refractivity contribution is 6.01. The van der Waals surface area contributed by atoms with Crippen LogP contribution in [-0.2, 0) is 15.8 Å². The van der Waals surface area contributed by atoms with Crippen molar-refractivity contribution >= 4 is 17.5 Å². The number of hydrogen-bond donors (Lipinski definition) is 0. The normalized spacial score (nSPS) is 19.5. The van der Waals surface area contributed by atoms with Gasteiger partial charge in [-0.1, -0.05) is 6.07 Å². The minimum absolute atomic E-state index is 0.0932. The molecule has 1 aromatic carbocycles. The zero-order valence-electron chi connectivity index (χ0n) is 14.5. The van der Waals surface area contributed by atoms with E-state index < -0.39 is 11.7 Å². The third kappa shape index (κ3) is 4.35. The van der Waals surface area contributed by atoms with E-state index in [9.17, 15) is 22.8 Å². The van der Waals surface area contributed by atoms with Gasteiger partial charge in [0, 0.05) is 51.3 Å². The van der Waals surface area contributed by atoms with Crippen molar-refractivity contribution in [2.45, 2.75) is 25.4 Å². The number of alkyl halides is 3. The van der Waals surface area contributed by atoms with Gasteiger partial charge in [-0.3, -0.25) is 19.4 Å². The zero-order valence-corrected chi connectivity index (χ0v) is 14.5. The summed E-state index contributed by atoms with van der Waals surface area (Å²) in [6, 6.07) is 5.42. The molecular weight excluding hydrogens is 347 g/mol. The summed E-state index contributed by atoms with van der Waals surface area (Å²) in [5.41, 5.74) is -0.0369. The number of imide groups is 1. The van der Waals surface area contributed by atoms with Gasteiger partial charge in [-0.2, -0.15) is 13.2 Å². The molecule has 0 radical (unpaired) electrons. The third-order valence-electron chi connectivity index (χ3n) is 4.92. The standard InChI is InChI=1S/C18H22F3N3O2/c19-18(20,21)14-3-1-4-15(13-14)23-11-9-22(10-12-23)7-2-8-24-16(25)5-6-17(24)26/h1,3-4,13H,2,5-12H2. The van der Waals surface area contributed by atoms with Crippen molar-refractivity contribution < 1.29 is 22.8 Å². The summed E-state index contributed by atoms with van der Waals surface area (Å²) in [4.78, 5) is 28.6. The fourth-order valence-corrected chi connectivity index (χ4v) is 3.43. The molecular formula is C18H22F3N3O2. The summed E-state index contributed by atoms with van der Waals surface area (Å²) in [6.07, 6.45) is -2.98. The predicted octanol–water partition coefficient (Wildman–Crippen LogP) is 2.37. The molecule has 8 heteroatoms. The number of halogens is 3. The lowest BCUT2D eigenvalue weighted by Crippen LogP contribution is -2.47. The summed E-state index contributed by atoms with van der Waals surface area (Å²) in [6.45, 7) is 4.03. The molecule has 26 heavy (non-hydrogen) atoms. The van der Waals surface area contributed by atoms with Crippen molar-refractivity contribution in [2.75, 3.05) is 44.2 Å². The Hall–Kier alpha value is -2.09. The van der Waals surface area contributed by atoms with E-state index in [1.165, 1.54) is 17.0 Å². The highest BCUT2D eigenvalue weighted by Gasteiger charge is 2.31. The fourth-order valence-electron chi connectivity index (χ4n) is 3.43. The highest BCUT2D eigenvalue weighted by Crippen LogP contribution is 2.31. The Morgan fingerprint density at radius 1 is 0.923 bits per heavy atom. The highest BCUT2D eigenvalue weighted by atomic mass is 19.4. The predicted molar refractivity (Wildman–Crippen MR) is 90.7 cm³/mol. The van der Waals surface area contributed by atoms with Crippen LogP contribution in [0.5, 0.6) is 0 Å². The van der Waals surface area contributed by atoms with E-state index in [0.29, 0.717) is 38.2 Å². The monoisotopic (exact) mass is 369 g/mol. The number of anilines is 1. The molecule has 5 nitrogen and oxygen atoms in total. The minimum Gasteiger partial charge on any atom is -0.369 e. The lowest BCUT2D eigenvalue weighted by Gasteiger charge is -2.36. The van der Waals surface area contributed by atoms with Crippen LogP contribution in [0.15, 0.2) is 24.3 Å². The molecule has 0 saturated carbocycles. The number of likely N-dealkylation sites (tertiary alicyclic amines) is 1. The molecule has 0 aliphatic carbocycles. The van der Waals surface area contributed by atoms with Crippen molar-refractivity contribution in [3.63, 3.8) is 0 Å². The topological polar surface area (TPSA) is 43.9 Å². The van der Waals surface area contributed by atoms with Gasteiger partial charge >= 0.3 is 6.18 Å². The molecule has 0 N–H and O–H groups in total. The van der Waals surface area contributed by atoms with E-state index in [4.69, 9.17) is 0 Å². The fraction of sp³-hybridized carbons (Fsp3) is 0.556. The Balaban J connectivity index is 1.46. The molecule has 2 amide bonds. The maximum Gasteiger partial charge on any atom is 0.416 e. The Kier molecular flexibility index (Phi) is 5.50. The average molecular weight is 369 g/mol. The molecule has 2 heterocycles. The van der Waals surface area contributed by atoms with Gasteiger partial charge in [0.25, 0.3) is 0 Å². The van der Waals surface area contributed by atoms with Gasteiger partial charge in [0.1, 0.15) is 0 Å². The van der Waals surface area contributed by atoms with E-state index in [-0.39, 0.29) is 11.8 Å². The summed E-state index contributed by atoms with van der Waals surface area (Å²) < 4.78 is 38.5. The molecule has 1 aromatic rings. The average Bonchev–Trinajstić information content (AvgIpc) is 2.94. The summed E-state index contributed by atoms with van der Waals surface area (Å²) >= 11 is 0. The van der Waals surface area contributed by atoms with Gasteiger partial charge in [-0.05, 0) is 31.2 Å². The van der Waals surface area contributed by atoms with Crippen LogP contribution in [0.1, 0.15) is 24.8 Å². The lowest BCUT2D eigenvalue weighted by atomic mass is 10.1. The van der Waals surface area contributed by atoms with Gasteiger partial charge in [0.05, 0.1) is 5.56 Å². The largest absolute Gasteiger partial charge is 0.416 e. The van der Waals surface area contributed by atoms with Gasteiger partial charge in [0.15, 0.2) is 0 Å². The molecule has 0 atom stereocenters. The Morgan fingerprint density at radius 3 is 2.19 bits per heavy atom. The molecule has 0 bridgehead atoms. The van der Waals surface area contributed by atoms with Crippen LogP contribution >= 0.6 is 0 Å². The number of piperazine rings is 1. The molecule has 0 spiro atoms. The second-order valence-electron chi connectivity index (χ2n) is 6.67. The van der Waals surface area contributed by atoms with Crippen LogP contribution in [0.2, 0.25) is 0 Å². The van der Waals surface area contributed by atoms with Crippen molar-refractivity contribution in [1.29, 1.82) is 0 Å². The molecule has 2 aliphatic heterocycles. The van der Waals surface area contributed by atoms with Gasteiger partial charge in [0.2, 0.25) is 11.8 Å². The maximum absolute atomic E-state index is 12.8. The smallest absolute Gasteiger partial charge is 0.369 e. The zero-order chi connectivity index (χ0) is 18.7. The molecule has 0 unspecified atom stereocenters. The van der Waals surface area contributed by atoms with Crippen LogP contribution in [0.4, 0.5) is 18.9 Å². The maximum atomic E-state index is 12.8. The first-order valence-electron chi connectivity index (χ1n) is 8.82. The van der Waals surface area contributed by atoms with Crippen LogP contribution in [0.25, 0.3) is 0 Å². The minimum atomic E-state index is -4.33. The second kappa shape index (κ2) is 7.65. The number of rotatable bonds is 5. The SMILES string of the molecule is O=C1CCC(=O)N1CCCN1CCN(c2cccc(C(F)(F)F)c2)CC1. The van der Waals surface area contributed by atoms with Crippen LogP contribution in [0, 0.1) is 0 Å². The molecule has 2 saturated heterocycles. The first-order chi connectivity index (χ1) is 12.3. The number of nitrogens with zero attached hydrogens (tertiary/aromatic N) is 3. The van der Waals surface area contributed by atoms with Crippen LogP contribution in [0.3, 0.4) is 0 Å². The van der Waals surface area contributed by atoms with Crippen molar-refractivity contribution in [1.82, 2.24) is 9.80 Å². The number of amides is 2. The summed E-state index contributed by atoms with van der Waals surface area (Å²) in [7, 11) is 0. The second-order valence-corrected chi connectivity index (χ2v) is 6.67. The first kappa shape index (κ1) is 18.7. The molecule has 2 fully saturated rings. The number of carbonyl (C=O) groups is 2. The molecule has 142 valence electrons. The van der Waals surface area contributed by atoms with Gasteiger partial charge < -0.3 is 4.90 Å². The quantitative estimate of drug-likeness (QED) is 0.748. The molecule has 0 aromatic heterocycles. The molecule has 2 aliphatic rings. The van der Waals surface area contributed by atoms with E-state index >= 15 is 0 Å². The van der Waals surface area contributed by atoms with E-state index in [0.717, 1.165) is 32.1 Å². The van der Waals surface area contributed by atoms with E-state index in [1.807, 2.05) is 4.90 Å². The number of carbonyl (C=O) groups excluding carboxylic acids is 2. The van der Waals surface area contributed by atoms with E-state index in [1.54, 1.807) is 6.07 Å². The lowest BCUT2D eigenvalue weighted by molar-refractivity contribution is -0.139. The first-order valence-corrected chi connectivity index (χ1v) is 8.82. The van der Waals surface area contributed by atoms with Crippen LogP contribution in [-0.4, -0.2) is 60.9 Å². The third-order valence-corrected chi connectivity index (χ3v) is 4.92. The number of benzene rings is 1. The Bertz CT molecular complexity index is 654. The molecule has 3 rings (SSSR count). The van der Waals surface area contributed by atoms with Gasteiger partial charge in [-0.15, -0.1) is 0 Å². The number of hydrogen-bond acceptors (Lipinski definition) is 4. The summed E-state index contributed by atoms with van der Waals surface area (Å²) in [5, 5.41) is 0. The van der Waals surface area contributed by atoms with E-state index in [2.05, 4.69) is 4.90 Å².